The van der Waals surface area contributed by atoms with Gasteiger partial charge in [-0.25, -0.2) is 0 Å². The summed E-state index contributed by atoms with van der Waals surface area (Å²) in [5.41, 5.74) is 3.62. The summed E-state index contributed by atoms with van der Waals surface area (Å²) in [7, 11) is 1.98. The number of allylic oxidation sites excluding steroid dienone is 1. The lowest BCUT2D eigenvalue weighted by molar-refractivity contribution is 0.460. The lowest BCUT2D eigenvalue weighted by Gasteiger charge is -2.18. The van der Waals surface area contributed by atoms with E-state index in [9.17, 15) is 0 Å². The zero-order valence-corrected chi connectivity index (χ0v) is 13.6. The average molecular weight is 298 g/mol. The highest BCUT2D eigenvalue weighted by Crippen LogP contribution is 2.10. The fraction of sp³-hybridized carbons (Fsp3) is 0.444. The third kappa shape index (κ3) is 4.81. The van der Waals surface area contributed by atoms with Gasteiger partial charge in [-0.1, -0.05) is 12.1 Å². The monoisotopic (exact) mass is 298 g/mol. The van der Waals surface area contributed by atoms with E-state index in [0.29, 0.717) is 6.04 Å². The fourth-order valence-electron chi connectivity index (χ4n) is 2.53. The van der Waals surface area contributed by atoms with E-state index in [1.54, 1.807) is 0 Å². The van der Waals surface area contributed by atoms with Gasteiger partial charge >= 0.3 is 0 Å². The molecule has 4 heteroatoms. The minimum atomic E-state index is 0.425. The molecule has 118 valence electrons. The van der Waals surface area contributed by atoms with Crippen molar-refractivity contribution in [2.75, 3.05) is 0 Å². The Kier molecular flexibility index (Phi) is 6.34. The highest BCUT2D eigenvalue weighted by molar-refractivity contribution is 5.15. The standard InChI is InChI=1S/C18H26N4/c1-4-5-6-9-18(12-17-10-7-8-11-19-17)20-13-16-14-21-22(3)15(16)2/h4,7-8,10-11,14,18,20H,1,5-6,9,12-13H2,2-3H3. The molecule has 0 radical (unpaired) electrons. The Morgan fingerprint density at radius 2 is 2.27 bits per heavy atom. The highest BCUT2D eigenvalue weighted by Gasteiger charge is 2.11. The molecule has 0 spiro atoms. The van der Waals surface area contributed by atoms with E-state index in [0.717, 1.165) is 37.9 Å². The number of rotatable bonds is 9. The van der Waals surface area contributed by atoms with Crippen LogP contribution in [0, 0.1) is 6.92 Å². The molecule has 1 N–H and O–H groups in total. The van der Waals surface area contributed by atoms with Gasteiger partial charge in [0.25, 0.3) is 0 Å². The number of pyridine rings is 1. The van der Waals surface area contributed by atoms with Crippen LogP contribution in [0.4, 0.5) is 0 Å². The van der Waals surface area contributed by atoms with Gasteiger partial charge in [-0.3, -0.25) is 9.67 Å². The summed E-state index contributed by atoms with van der Waals surface area (Å²) in [5, 5.41) is 7.97. The number of unbranched alkanes of at least 4 members (excludes halogenated alkanes) is 1. The molecule has 0 bridgehead atoms. The van der Waals surface area contributed by atoms with E-state index in [2.05, 4.69) is 35.0 Å². The molecular formula is C18H26N4. The van der Waals surface area contributed by atoms with Gasteiger partial charge in [0.1, 0.15) is 0 Å². The Balaban J connectivity index is 1.94. The normalized spacial score (nSPS) is 12.3. The quantitative estimate of drug-likeness (QED) is 0.571. The predicted octanol–water partition coefficient (Wildman–Crippen LogP) is 3.18. The van der Waals surface area contributed by atoms with Gasteiger partial charge in [0.05, 0.1) is 6.20 Å². The van der Waals surface area contributed by atoms with Crippen LogP contribution in [-0.4, -0.2) is 20.8 Å². The summed E-state index contributed by atoms with van der Waals surface area (Å²) >= 11 is 0. The van der Waals surface area contributed by atoms with Crippen molar-refractivity contribution in [1.29, 1.82) is 0 Å². The molecule has 0 aliphatic carbocycles. The first-order chi connectivity index (χ1) is 10.7. The fourth-order valence-corrected chi connectivity index (χ4v) is 2.53. The molecule has 0 aliphatic rings. The van der Waals surface area contributed by atoms with Gasteiger partial charge < -0.3 is 5.32 Å². The molecule has 0 aliphatic heterocycles. The Hall–Kier alpha value is -1.94. The molecule has 2 heterocycles. The van der Waals surface area contributed by atoms with Crippen molar-refractivity contribution in [2.24, 2.45) is 7.05 Å². The van der Waals surface area contributed by atoms with Crippen LogP contribution >= 0.6 is 0 Å². The molecule has 4 nitrogen and oxygen atoms in total. The second-order valence-electron chi connectivity index (χ2n) is 5.70. The van der Waals surface area contributed by atoms with E-state index < -0.39 is 0 Å². The molecule has 22 heavy (non-hydrogen) atoms. The van der Waals surface area contributed by atoms with Gasteiger partial charge in [-0.15, -0.1) is 6.58 Å². The van der Waals surface area contributed by atoms with Gasteiger partial charge in [-0.05, 0) is 38.3 Å². The van der Waals surface area contributed by atoms with Crippen molar-refractivity contribution < 1.29 is 0 Å². The van der Waals surface area contributed by atoms with Gasteiger partial charge in [0.2, 0.25) is 0 Å². The summed E-state index contributed by atoms with van der Waals surface area (Å²) in [6.07, 6.45) is 10.1. The van der Waals surface area contributed by atoms with Crippen molar-refractivity contribution >= 4 is 0 Å². The van der Waals surface area contributed by atoms with Gasteiger partial charge in [0.15, 0.2) is 0 Å². The summed E-state index contributed by atoms with van der Waals surface area (Å²) in [6.45, 7) is 6.76. The van der Waals surface area contributed by atoms with Crippen molar-refractivity contribution in [2.45, 2.75) is 45.2 Å². The molecule has 1 unspecified atom stereocenters. The largest absolute Gasteiger partial charge is 0.309 e. The lowest BCUT2D eigenvalue weighted by Crippen LogP contribution is -2.31. The maximum atomic E-state index is 4.45. The first-order valence-electron chi connectivity index (χ1n) is 7.92. The van der Waals surface area contributed by atoms with Gasteiger partial charge in [-0.2, -0.15) is 5.10 Å². The molecular weight excluding hydrogens is 272 g/mol. The number of aryl methyl sites for hydroxylation is 1. The number of hydrogen-bond acceptors (Lipinski definition) is 3. The van der Waals surface area contributed by atoms with E-state index in [1.165, 1.54) is 11.3 Å². The Morgan fingerprint density at radius 3 is 2.91 bits per heavy atom. The Labute approximate surface area is 133 Å². The molecule has 2 rings (SSSR count). The highest BCUT2D eigenvalue weighted by atomic mass is 15.3. The predicted molar refractivity (Wildman–Crippen MR) is 90.6 cm³/mol. The van der Waals surface area contributed by atoms with Crippen LogP contribution in [0.5, 0.6) is 0 Å². The van der Waals surface area contributed by atoms with Crippen molar-refractivity contribution in [3.63, 3.8) is 0 Å². The molecule has 0 saturated heterocycles. The molecule has 0 aromatic carbocycles. The van der Waals surface area contributed by atoms with Crippen LogP contribution in [0.3, 0.4) is 0 Å². The minimum absolute atomic E-state index is 0.425. The molecule has 1 atom stereocenters. The minimum Gasteiger partial charge on any atom is -0.309 e. The third-order valence-electron chi connectivity index (χ3n) is 4.06. The Morgan fingerprint density at radius 1 is 1.41 bits per heavy atom. The zero-order chi connectivity index (χ0) is 15.8. The Bertz CT molecular complexity index is 574. The molecule has 0 saturated carbocycles. The summed E-state index contributed by atoms with van der Waals surface area (Å²) in [5.74, 6) is 0. The number of nitrogens with zero attached hydrogens (tertiary/aromatic N) is 3. The van der Waals surface area contributed by atoms with Crippen LogP contribution in [0.1, 0.15) is 36.2 Å². The van der Waals surface area contributed by atoms with Crippen LogP contribution in [-0.2, 0) is 20.0 Å². The van der Waals surface area contributed by atoms with E-state index in [4.69, 9.17) is 0 Å². The van der Waals surface area contributed by atoms with E-state index in [-0.39, 0.29) is 0 Å². The smallest absolute Gasteiger partial charge is 0.0537 e. The molecule has 2 aromatic rings. The topological polar surface area (TPSA) is 42.7 Å². The summed E-state index contributed by atoms with van der Waals surface area (Å²) in [4.78, 5) is 4.45. The first kappa shape index (κ1) is 16.4. The van der Waals surface area contributed by atoms with Crippen molar-refractivity contribution in [1.82, 2.24) is 20.1 Å². The van der Waals surface area contributed by atoms with Crippen LogP contribution in [0.15, 0.2) is 43.2 Å². The van der Waals surface area contributed by atoms with Crippen LogP contribution < -0.4 is 5.32 Å². The van der Waals surface area contributed by atoms with E-state index >= 15 is 0 Å². The number of hydrogen-bond donors (Lipinski definition) is 1. The van der Waals surface area contributed by atoms with Crippen molar-refractivity contribution in [3.8, 4) is 0 Å². The average Bonchev–Trinajstić information content (AvgIpc) is 2.85. The second kappa shape index (κ2) is 8.49. The molecule has 2 aromatic heterocycles. The third-order valence-corrected chi connectivity index (χ3v) is 4.06. The zero-order valence-electron chi connectivity index (χ0n) is 13.6. The maximum absolute atomic E-state index is 4.45. The van der Waals surface area contributed by atoms with E-state index in [1.807, 2.05) is 42.3 Å². The summed E-state index contributed by atoms with van der Waals surface area (Å²) in [6, 6.07) is 6.53. The number of aromatic nitrogens is 3. The lowest BCUT2D eigenvalue weighted by atomic mass is 10.0. The second-order valence-corrected chi connectivity index (χ2v) is 5.70. The first-order valence-corrected chi connectivity index (χ1v) is 7.92. The van der Waals surface area contributed by atoms with Crippen molar-refractivity contribution in [3.05, 3.63) is 60.2 Å². The van der Waals surface area contributed by atoms with Crippen LogP contribution in [0.2, 0.25) is 0 Å². The summed E-state index contributed by atoms with van der Waals surface area (Å²) < 4.78 is 1.92. The molecule has 0 amide bonds. The molecule has 0 fully saturated rings. The number of nitrogens with one attached hydrogen (secondary N) is 1. The SMILES string of the molecule is C=CCCCC(Cc1ccccn1)NCc1cnn(C)c1C. The van der Waals surface area contributed by atoms with Crippen LogP contribution in [0.25, 0.3) is 0 Å². The maximum Gasteiger partial charge on any atom is 0.0537 e. The van der Waals surface area contributed by atoms with Gasteiger partial charge in [0, 0.05) is 49.2 Å².